The lowest BCUT2D eigenvalue weighted by molar-refractivity contribution is -0.385. The predicted molar refractivity (Wildman–Crippen MR) is 122 cm³/mol. The Kier molecular flexibility index (Phi) is 7.10. The summed E-state index contributed by atoms with van der Waals surface area (Å²) in [4.78, 5) is 49.9. The Morgan fingerprint density at radius 1 is 1.09 bits per heavy atom. The van der Waals surface area contributed by atoms with Crippen LogP contribution in [0, 0.1) is 10.1 Å². The highest BCUT2D eigenvalue weighted by atomic mass is 16.6. The lowest BCUT2D eigenvalue weighted by Crippen LogP contribution is -2.24. The van der Waals surface area contributed by atoms with E-state index in [4.69, 9.17) is 14.2 Å². The van der Waals surface area contributed by atoms with Gasteiger partial charge in [-0.05, 0) is 55.8 Å². The van der Waals surface area contributed by atoms with Crippen LogP contribution in [0.4, 0.5) is 11.4 Å². The van der Waals surface area contributed by atoms with Gasteiger partial charge in [0.05, 0.1) is 42.5 Å². The van der Waals surface area contributed by atoms with Crippen LogP contribution in [0.15, 0.2) is 59.3 Å². The van der Waals surface area contributed by atoms with E-state index in [9.17, 15) is 24.5 Å². The number of benzene rings is 2. The first-order valence-corrected chi connectivity index (χ1v) is 10.2. The molecule has 2 aromatic carbocycles. The minimum Gasteiger partial charge on any atom is -0.490 e. The lowest BCUT2D eigenvalue weighted by Gasteiger charge is -2.18. The maximum absolute atomic E-state index is 13.4. The quantitative estimate of drug-likeness (QED) is 0.262. The van der Waals surface area contributed by atoms with Gasteiger partial charge in [0, 0.05) is 17.5 Å². The molecule has 3 rings (SSSR count). The van der Waals surface area contributed by atoms with Crippen LogP contribution in [0.2, 0.25) is 0 Å². The zero-order valence-corrected chi connectivity index (χ0v) is 19.0. The molecule has 0 bridgehead atoms. The van der Waals surface area contributed by atoms with Crippen molar-refractivity contribution < 1.29 is 33.5 Å². The number of ether oxygens (including phenoxy) is 3. The van der Waals surface area contributed by atoms with Crippen LogP contribution in [0.3, 0.4) is 0 Å². The summed E-state index contributed by atoms with van der Waals surface area (Å²) < 4.78 is 14.9. The molecule has 0 atom stereocenters. The number of allylic oxidation sites excluding steroid dienone is 1. The molecule has 176 valence electrons. The number of nitro groups is 1. The second-order valence-corrected chi connectivity index (χ2v) is 7.11. The fraction of sp³-hybridized carbons (Fsp3) is 0.208. The number of methoxy groups -OCH3 is 2. The van der Waals surface area contributed by atoms with Crippen molar-refractivity contribution in [3.8, 4) is 5.75 Å². The van der Waals surface area contributed by atoms with Crippen LogP contribution in [0.25, 0.3) is 6.08 Å². The Morgan fingerprint density at radius 2 is 1.76 bits per heavy atom. The molecule has 0 saturated carbocycles. The zero-order chi connectivity index (χ0) is 25.0. The zero-order valence-electron chi connectivity index (χ0n) is 19.0. The molecular formula is C24H22N2O8. The van der Waals surface area contributed by atoms with E-state index in [2.05, 4.69) is 0 Å². The van der Waals surface area contributed by atoms with Gasteiger partial charge in [-0.15, -0.1) is 0 Å². The summed E-state index contributed by atoms with van der Waals surface area (Å²) in [6.45, 7) is 3.51. The standard InChI is InChI=1S/C24H22N2O8/c1-5-34-23(28)16-7-9-17(10-8-16)25-14(2)21(24(29)33-4)18(22(25)27)12-15-6-11-20(32-3)19(13-15)26(30)31/h6-13H,5H2,1-4H3/b18-12-. The van der Waals surface area contributed by atoms with Gasteiger partial charge < -0.3 is 14.2 Å². The highest BCUT2D eigenvalue weighted by molar-refractivity contribution is 6.23. The number of carbonyl (C=O) groups is 3. The fourth-order valence-corrected chi connectivity index (χ4v) is 3.56. The first-order valence-electron chi connectivity index (χ1n) is 10.2. The van der Waals surface area contributed by atoms with Gasteiger partial charge in [-0.25, -0.2) is 9.59 Å². The lowest BCUT2D eigenvalue weighted by atomic mass is 10.0. The Bertz CT molecular complexity index is 1230. The molecule has 1 amide bonds. The first kappa shape index (κ1) is 24.2. The van der Waals surface area contributed by atoms with Crippen molar-refractivity contribution in [3.63, 3.8) is 0 Å². The average molecular weight is 466 g/mol. The molecular weight excluding hydrogens is 444 g/mol. The molecule has 0 unspecified atom stereocenters. The maximum atomic E-state index is 13.4. The van der Waals surface area contributed by atoms with Crippen LogP contribution in [-0.4, -0.2) is 43.6 Å². The van der Waals surface area contributed by atoms with Crippen molar-refractivity contribution >= 4 is 35.3 Å². The summed E-state index contributed by atoms with van der Waals surface area (Å²) in [6, 6.07) is 10.3. The van der Waals surface area contributed by atoms with Crippen molar-refractivity contribution in [2.75, 3.05) is 25.7 Å². The number of hydrogen-bond acceptors (Lipinski definition) is 8. The average Bonchev–Trinajstić information content (AvgIpc) is 3.07. The van der Waals surface area contributed by atoms with E-state index in [1.807, 2.05) is 0 Å². The van der Waals surface area contributed by atoms with Crippen molar-refractivity contribution in [2.45, 2.75) is 13.8 Å². The van der Waals surface area contributed by atoms with E-state index in [1.165, 1.54) is 55.5 Å². The van der Waals surface area contributed by atoms with E-state index < -0.39 is 22.8 Å². The van der Waals surface area contributed by atoms with Gasteiger partial charge in [0.15, 0.2) is 5.75 Å². The molecule has 0 fully saturated rings. The summed E-state index contributed by atoms with van der Waals surface area (Å²) in [5.74, 6) is -1.69. The molecule has 10 heteroatoms. The van der Waals surface area contributed by atoms with Crippen molar-refractivity contribution in [2.24, 2.45) is 0 Å². The fourth-order valence-electron chi connectivity index (χ4n) is 3.56. The van der Waals surface area contributed by atoms with E-state index >= 15 is 0 Å². The van der Waals surface area contributed by atoms with Crippen molar-refractivity contribution in [3.05, 3.63) is 80.5 Å². The number of rotatable bonds is 7. The van der Waals surface area contributed by atoms with E-state index in [1.54, 1.807) is 26.0 Å². The summed E-state index contributed by atoms with van der Waals surface area (Å²) in [5, 5.41) is 11.4. The van der Waals surface area contributed by atoms with Crippen LogP contribution in [0.1, 0.15) is 29.8 Å². The second kappa shape index (κ2) is 9.99. The molecule has 1 aliphatic rings. The molecule has 0 N–H and O–H groups in total. The Morgan fingerprint density at radius 3 is 2.32 bits per heavy atom. The normalized spacial score (nSPS) is 14.4. The first-order chi connectivity index (χ1) is 16.2. The Hall–Kier alpha value is -4.47. The maximum Gasteiger partial charge on any atom is 0.340 e. The van der Waals surface area contributed by atoms with Gasteiger partial charge in [-0.3, -0.25) is 19.8 Å². The number of carbonyl (C=O) groups excluding carboxylic acids is 3. The summed E-state index contributed by atoms with van der Waals surface area (Å²) in [7, 11) is 2.51. The van der Waals surface area contributed by atoms with Gasteiger partial charge >= 0.3 is 17.6 Å². The van der Waals surface area contributed by atoms with Gasteiger partial charge in [0.25, 0.3) is 5.91 Å². The second-order valence-electron chi connectivity index (χ2n) is 7.11. The van der Waals surface area contributed by atoms with Crippen LogP contribution >= 0.6 is 0 Å². The van der Waals surface area contributed by atoms with Crippen LogP contribution < -0.4 is 9.64 Å². The van der Waals surface area contributed by atoms with Gasteiger partial charge in [0.2, 0.25) is 0 Å². The number of amides is 1. The number of esters is 2. The topological polar surface area (TPSA) is 125 Å². The van der Waals surface area contributed by atoms with Gasteiger partial charge in [0.1, 0.15) is 0 Å². The third-order valence-electron chi connectivity index (χ3n) is 5.14. The summed E-state index contributed by atoms with van der Waals surface area (Å²) in [6.07, 6.45) is 1.39. The number of nitro benzene ring substituents is 1. The van der Waals surface area contributed by atoms with Crippen molar-refractivity contribution in [1.29, 1.82) is 0 Å². The monoisotopic (exact) mass is 466 g/mol. The van der Waals surface area contributed by atoms with E-state index in [0.717, 1.165) is 0 Å². The highest BCUT2D eigenvalue weighted by Gasteiger charge is 2.38. The molecule has 0 aromatic heterocycles. The third-order valence-corrected chi connectivity index (χ3v) is 5.14. The van der Waals surface area contributed by atoms with Crippen molar-refractivity contribution in [1.82, 2.24) is 0 Å². The molecule has 1 heterocycles. The largest absolute Gasteiger partial charge is 0.490 e. The molecule has 1 aliphatic heterocycles. The van der Waals surface area contributed by atoms with Crippen LogP contribution in [-0.2, 0) is 19.1 Å². The number of hydrogen-bond donors (Lipinski definition) is 0. The Balaban J connectivity index is 2.07. The van der Waals surface area contributed by atoms with E-state index in [-0.39, 0.29) is 29.2 Å². The molecule has 34 heavy (non-hydrogen) atoms. The molecule has 0 spiro atoms. The minimum absolute atomic E-state index is 0.0123. The minimum atomic E-state index is -0.731. The molecule has 0 radical (unpaired) electrons. The van der Waals surface area contributed by atoms with Crippen LogP contribution in [0.5, 0.6) is 5.75 Å². The molecule has 0 aliphatic carbocycles. The smallest absolute Gasteiger partial charge is 0.340 e. The molecule has 0 saturated heterocycles. The third kappa shape index (κ3) is 4.51. The van der Waals surface area contributed by atoms with Gasteiger partial charge in [-0.1, -0.05) is 6.07 Å². The van der Waals surface area contributed by atoms with E-state index in [0.29, 0.717) is 22.5 Å². The molecule has 2 aromatic rings. The highest BCUT2D eigenvalue weighted by Crippen LogP contribution is 2.36. The summed E-state index contributed by atoms with van der Waals surface area (Å²) in [5.41, 5.74) is 1.13. The summed E-state index contributed by atoms with van der Waals surface area (Å²) >= 11 is 0. The Labute approximate surface area is 195 Å². The molecule has 10 nitrogen and oxygen atoms in total. The number of nitrogens with zero attached hydrogens (tertiary/aromatic N) is 2. The predicted octanol–water partition coefficient (Wildman–Crippen LogP) is 3.66. The number of anilines is 1. The van der Waals surface area contributed by atoms with Gasteiger partial charge in [-0.2, -0.15) is 0 Å². The SMILES string of the molecule is CCOC(=O)c1ccc(N2C(=O)/C(=C\c3ccc(OC)c([N+](=O)[O-])c3)C(C(=O)OC)=C2C)cc1.